The Labute approximate surface area is 159 Å². The van der Waals surface area contributed by atoms with Crippen molar-refractivity contribution in [1.29, 1.82) is 0 Å². The lowest BCUT2D eigenvalue weighted by Gasteiger charge is -2.14. The number of halogens is 1. The number of nitrogens with zero attached hydrogens (tertiary/aromatic N) is 4. The maximum atomic E-state index is 12.7. The van der Waals surface area contributed by atoms with Gasteiger partial charge in [0.2, 0.25) is 0 Å². The summed E-state index contributed by atoms with van der Waals surface area (Å²) in [5.41, 5.74) is 0.162. The van der Waals surface area contributed by atoms with Gasteiger partial charge in [-0.05, 0) is 18.6 Å². The minimum atomic E-state index is -0.425. The topological polar surface area (TPSA) is 69.8 Å². The summed E-state index contributed by atoms with van der Waals surface area (Å²) < 4.78 is 2.46. The Hall–Kier alpha value is -2.12. The molecule has 0 bridgehead atoms. The molecule has 1 aromatic carbocycles. The molecule has 6 nitrogen and oxygen atoms in total. The SMILES string of the molecule is CC[C@H](C)Sc1nc(-c2ccccc2Cl)nc2c1c(=O)n(C)c(=O)n2C. The van der Waals surface area contributed by atoms with Crippen molar-refractivity contribution in [1.82, 2.24) is 19.1 Å². The molecule has 0 aliphatic rings. The van der Waals surface area contributed by atoms with E-state index >= 15 is 0 Å². The molecule has 8 heteroatoms. The van der Waals surface area contributed by atoms with Crippen molar-refractivity contribution < 1.29 is 0 Å². The number of hydrogen-bond acceptors (Lipinski definition) is 5. The summed E-state index contributed by atoms with van der Waals surface area (Å²) in [7, 11) is 3.06. The predicted molar refractivity (Wildman–Crippen MR) is 106 cm³/mol. The van der Waals surface area contributed by atoms with E-state index in [9.17, 15) is 9.59 Å². The summed E-state index contributed by atoms with van der Waals surface area (Å²) in [6, 6.07) is 7.25. The average Bonchev–Trinajstić information content (AvgIpc) is 2.64. The number of aromatic nitrogens is 4. The zero-order valence-corrected chi connectivity index (χ0v) is 16.6. The lowest BCUT2D eigenvalue weighted by molar-refractivity contribution is 0.703. The van der Waals surface area contributed by atoms with Crippen molar-refractivity contribution in [2.75, 3.05) is 0 Å². The molecule has 0 unspecified atom stereocenters. The molecule has 136 valence electrons. The minimum absolute atomic E-state index is 0.258. The van der Waals surface area contributed by atoms with E-state index < -0.39 is 5.69 Å². The molecule has 0 N–H and O–H groups in total. The van der Waals surface area contributed by atoms with Gasteiger partial charge in [-0.2, -0.15) is 0 Å². The van der Waals surface area contributed by atoms with Crippen LogP contribution in [0.5, 0.6) is 0 Å². The van der Waals surface area contributed by atoms with Gasteiger partial charge in [0.15, 0.2) is 11.5 Å². The highest BCUT2D eigenvalue weighted by Crippen LogP contribution is 2.31. The van der Waals surface area contributed by atoms with E-state index in [1.807, 2.05) is 18.2 Å². The first-order valence-electron chi connectivity index (χ1n) is 8.24. The molecule has 0 radical (unpaired) electrons. The van der Waals surface area contributed by atoms with Crippen molar-refractivity contribution in [3.63, 3.8) is 0 Å². The Kier molecular flexibility index (Phi) is 5.20. The van der Waals surface area contributed by atoms with Gasteiger partial charge in [0.05, 0.1) is 5.02 Å². The second-order valence-corrected chi connectivity index (χ2v) is 7.91. The molecule has 3 aromatic rings. The van der Waals surface area contributed by atoms with E-state index in [1.54, 1.807) is 13.1 Å². The monoisotopic (exact) mass is 390 g/mol. The second kappa shape index (κ2) is 7.25. The van der Waals surface area contributed by atoms with Gasteiger partial charge in [-0.25, -0.2) is 14.8 Å². The summed E-state index contributed by atoms with van der Waals surface area (Å²) in [6.45, 7) is 4.14. The third kappa shape index (κ3) is 3.17. The van der Waals surface area contributed by atoms with Gasteiger partial charge in [-0.3, -0.25) is 13.9 Å². The molecule has 0 fully saturated rings. The molecule has 0 aliphatic carbocycles. The Morgan fingerprint density at radius 2 is 1.85 bits per heavy atom. The first kappa shape index (κ1) is 18.7. The fraction of sp³-hybridized carbons (Fsp3) is 0.333. The number of benzene rings is 1. The van der Waals surface area contributed by atoms with Crippen LogP contribution >= 0.6 is 23.4 Å². The summed E-state index contributed by atoms with van der Waals surface area (Å²) in [4.78, 5) is 34.2. The summed E-state index contributed by atoms with van der Waals surface area (Å²) in [5, 5.41) is 1.69. The molecule has 0 saturated heterocycles. The van der Waals surface area contributed by atoms with Crippen LogP contribution < -0.4 is 11.2 Å². The predicted octanol–water partition coefficient (Wildman–Crippen LogP) is 3.24. The number of fused-ring (bicyclic) bond motifs is 1. The fourth-order valence-corrected chi connectivity index (χ4v) is 3.75. The molecule has 3 rings (SSSR count). The third-order valence-corrected chi connectivity index (χ3v) is 5.85. The Bertz CT molecular complexity index is 1110. The highest BCUT2D eigenvalue weighted by molar-refractivity contribution is 8.00. The van der Waals surface area contributed by atoms with Crippen LogP contribution in [0.4, 0.5) is 0 Å². The van der Waals surface area contributed by atoms with Crippen LogP contribution in [0.25, 0.3) is 22.4 Å². The molecule has 2 aromatic heterocycles. The van der Waals surface area contributed by atoms with Crippen molar-refractivity contribution in [3.05, 3.63) is 50.1 Å². The smallest absolute Gasteiger partial charge is 0.280 e. The third-order valence-electron chi connectivity index (χ3n) is 4.27. The van der Waals surface area contributed by atoms with Crippen LogP contribution in [0, 0.1) is 0 Å². The Balaban J connectivity index is 2.42. The van der Waals surface area contributed by atoms with E-state index in [0.29, 0.717) is 32.5 Å². The van der Waals surface area contributed by atoms with Crippen LogP contribution in [0.1, 0.15) is 20.3 Å². The highest BCUT2D eigenvalue weighted by atomic mass is 35.5. The lowest BCUT2D eigenvalue weighted by atomic mass is 10.2. The standard InChI is InChI=1S/C18H19ClN4O2S/c1-5-10(2)26-16-13-15(22(3)18(25)23(4)17(13)24)20-14(21-16)11-8-6-7-9-12(11)19/h6-10H,5H2,1-4H3/t10-/m0/s1. The van der Waals surface area contributed by atoms with Gasteiger partial charge in [0.1, 0.15) is 10.4 Å². The first-order valence-corrected chi connectivity index (χ1v) is 9.50. The molecule has 0 saturated carbocycles. The first-order chi connectivity index (χ1) is 12.3. The normalized spacial score (nSPS) is 12.5. The van der Waals surface area contributed by atoms with Gasteiger partial charge < -0.3 is 0 Å². The summed E-state index contributed by atoms with van der Waals surface area (Å²) in [6.07, 6.45) is 0.920. The maximum absolute atomic E-state index is 12.7. The molecular formula is C18H19ClN4O2S. The van der Waals surface area contributed by atoms with Crippen LogP contribution in [-0.2, 0) is 14.1 Å². The average molecular weight is 391 g/mol. The van der Waals surface area contributed by atoms with Crippen molar-refractivity contribution in [3.8, 4) is 11.4 Å². The number of aryl methyl sites for hydroxylation is 1. The zero-order chi connectivity index (χ0) is 19.0. The van der Waals surface area contributed by atoms with Gasteiger partial charge in [0.25, 0.3) is 5.56 Å². The van der Waals surface area contributed by atoms with E-state index in [2.05, 4.69) is 23.8 Å². The van der Waals surface area contributed by atoms with Crippen molar-refractivity contribution in [2.24, 2.45) is 14.1 Å². The number of hydrogen-bond donors (Lipinski definition) is 0. The summed E-state index contributed by atoms with van der Waals surface area (Å²) >= 11 is 7.80. The Morgan fingerprint density at radius 1 is 1.15 bits per heavy atom. The second-order valence-electron chi connectivity index (χ2n) is 6.07. The number of thioether (sulfide) groups is 1. The van der Waals surface area contributed by atoms with Gasteiger partial charge in [-0.15, -0.1) is 11.8 Å². The molecule has 0 amide bonds. The quantitative estimate of drug-likeness (QED) is 0.505. The van der Waals surface area contributed by atoms with Crippen molar-refractivity contribution >= 4 is 34.4 Å². The minimum Gasteiger partial charge on any atom is -0.280 e. The fourth-order valence-electron chi connectivity index (χ4n) is 2.55. The largest absolute Gasteiger partial charge is 0.332 e. The van der Waals surface area contributed by atoms with Gasteiger partial charge in [0, 0.05) is 24.9 Å². The van der Waals surface area contributed by atoms with Crippen LogP contribution in [0.2, 0.25) is 5.02 Å². The lowest BCUT2D eigenvalue weighted by Crippen LogP contribution is -2.37. The molecule has 2 heterocycles. The zero-order valence-electron chi connectivity index (χ0n) is 15.0. The van der Waals surface area contributed by atoms with Gasteiger partial charge >= 0.3 is 5.69 Å². The highest BCUT2D eigenvalue weighted by Gasteiger charge is 2.20. The molecule has 0 aliphatic heterocycles. The van der Waals surface area contributed by atoms with Crippen LogP contribution in [-0.4, -0.2) is 24.4 Å². The van der Waals surface area contributed by atoms with Crippen molar-refractivity contribution in [2.45, 2.75) is 30.5 Å². The van der Waals surface area contributed by atoms with E-state index in [1.165, 1.54) is 23.4 Å². The summed E-state index contributed by atoms with van der Waals surface area (Å²) in [5.74, 6) is 0.400. The van der Waals surface area contributed by atoms with E-state index in [-0.39, 0.29) is 10.8 Å². The maximum Gasteiger partial charge on any atom is 0.332 e. The molecule has 0 spiro atoms. The number of rotatable bonds is 4. The Morgan fingerprint density at radius 3 is 2.50 bits per heavy atom. The van der Waals surface area contributed by atoms with E-state index in [4.69, 9.17) is 11.6 Å². The van der Waals surface area contributed by atoms with Gasteiger partial charge in [-0.1, -0.05) is 37.6 Å². The molecule has 1 atom stereocenters. The molecular weight excluding hydrogens is 372 g/mol. The van der Waals surface area contributed by atoms with E-state index in [0.717, 1.165) is 11.0 Å². The van der Waals surface area contributed by atoms with Crippen LogP contribution in [0.3, 0.4) is 0 Å². The molecule has 26 heavy (non-hydrogen) atoms. The van der Waals surface area contributed by atoms with Crippen LogP contribution in [0.15, 0.2) is 38.9 Å².